The number of nitrogens with one attached hydrogen (secondary N) is 1. The Morgan fingerprint density at radius 1 is 0.839 bits per heavy atom. The Hall–Kier alpha value is -1.98. The van der Waals surface area contributed by atoms with Gasteiger partial charge in [-0.1, -0.05) is 59.1 Å². The van der Waals surface area contributed by atoms with Crippen LogP contribution >= 0.6 is 34.8 Å². The van der Waals surface area contributed by atoms with E-state index in [1.807, 2.05) is 25.1 Å². The summed E-state index contributed by atoms with van der Waals surface area (Å²) in [4.78, 5) is 0. The summed E-state index contributed by atoms with van der Waals surface area (Å²) < 4.78 is 25.4. The van der Waals surface area contributed by atoms with Crippen molar-refractivity contribution in [2.45, 2.75) is 26.5 Å². The quantitative estimate of drug-likeness (QED) is 0.313. The standard InChI is InChI=1S/C24H23Cl3FNO2/c1-2-30-23-11-18(14-29-10-9-16-5-3-4-6-22(16)28)21(27)13-24(23)31-15-17-7-8-19(25)12-20(17)26/h3-8,11-13,29H,2,9-10,14-15H2,1H3. The van der Waals surface area contributed by atoms with Gasteiger partial charge in [0.05, 0.1) is 6.61 Å². The second-order valence-corrected chi connectivity index (χ2v) is 8.12. The lowest BCUT2D eigenvalue weighted by molar-refractivity contribution is 0.269. The molecule has 164 valence electrons. The molecule has 3 aromatic carbocycles. The average molecular weight is 483 g/mol. The molecule has 0 spiro atoms. The van der Waals surface area contributed by atoms with Crippen LogP contribution in [0.5, 0.6) is 11.5 Å². The largest absolute Gasteiger partial charge is 0.490 e. The van der Waals surface area contributed by atoms with Crippen molar-refractivity contribution in [2.24, 2.45) is 0 Å². The molecule has 3 rings (SSSR count). The molecule has 0 heterocycles. The fraction of sp³-hybridized carbons (Fsp3) is 0.250. The zero-order valence-corrected chi connectivity index (χ0v) is 19.3. The zero-order chi connectivity index (χ0) is 22.2. The van der Waals surface area contributed by atoms with Gasteiger partial charge in [0.25, 0.3) is 0 Å². The molecule has 1 N–H and O–H groups in total. The molecule has 31 heavy (non-hydrogen) atoms. The van der Waals surface area contributed by atoms with E-state index in [2.05, 4.69) is 5.32 Å². The Kier molecular flexibility index (Phi) is 8.85. The molecule has 0 fully saturated rings. The normalized spacial score (nSPS) is 10.9. The van der Waals surface area contributed by atoms with Crippen molar-refractivity contribution in [1.29, 1.82) is 0 Å². The molecule has 0 aliphatic carbocycles. The topological polar surface area (TPSA) is 30.5 Å². The van der Waals surface area contributed by atoms with Crippen LogP contribution < -0.4 is 14.8 Å². The van der Waals surface area contributed by atoms with Gasteiger partial charge >= 0.3 is 0 Å². The SMILES string of the molecule is CCOc1cc(CNCCc2ccccc2F)c(Cl)cc1OCc1ccc(Cl)cc1Cl. The Morgan fingerprint density at radius 2 is 1.58 bits per heavy atom. The maximum Gasteiger partial charge on any atom is 0.163 e. The lowest BCUT2D eigenvalue weighted by Gasteiger charge is -2.16. The Labute approximate surface area is 197 Å². The first-order valence-electron chi connectivity index (χ1n) is 9.94. The second-order valence-electron chi connectivity index (χ2n) is 6.87. The Balaban J connectivity index is 1.64. The van der Waals surface area contributed by atoms with Gasteiger partial charge in [-0.3, -0.25) is 0 Å². The van der Waals surface area contributed by atoms with Gasteiger partial charge in [-0.2, -0.15) is 0 Å². The van der Waals surface area contributed by atoms with Crippen LogP contribution in [0.15, 0.2) is 54.6 Å². The summed E-state index contributed by atoms with van der Waals surface area (Å²) in [6.07, 6.45) is 0.589. The number of halogens is 4. The van der Waals surface area contributed by atoms with Crippen LogP contribution in [0.1, 0.15) is 23.6 Å². The number of benzene rings is 3. The molecule has 0 saturated heterocycles. The van der Waals surface area contributed by atoms with Gasteiger partial charge in [-0.25, -0.2) is 4.39 Å². The highest BCUT2D eigenvalue weighted by atomic mass is 35.5. The maximum atomic E-state index is 13.7. The van der Waals surface area contributed by atoms with Crippen LogP contribution in [0.3, 0.4) is 0 Å². The summed E-state index contributed by atoms with van der Waals surface area (Å²) in [6.45, 7) is 3.79. The van der Waals surface area contributed by atoms with E-state index in [1.165, 1.54) is 6.07 Å². The molecule has 0 radical (unpaired) electrons. The van der Waals surface area contributed by atoms with E-state index in [-0.39, 0.29) is 12.4 Å². The molecule has 0 atom stereocenters. The molecule has 0 aromatic heterocycles. The third-order valence-electron chi connectivity index (χ3n) is 4.66. The minimum Gasteiger partial charge on any atom is -0.490 e. The highest BCUT2D eigenvalue weighted by Gasteiger charge is 2.13. The molecule has 0 unspecified atom stereocenters. The first kappa shape index (κ1) is 23.7. The molecular formula is C24H23Cl3FNO2. The van der Waals surface area contributed by atoms with Crippen molar-refractivity contribution in [1.82, 2.24) is 5.32 Å². The Bertz CT molecular complexity index is 1030. The monoisotopic (exact) mass is 481 g/mol. The lowest BCUT2D eigenvalue weighted by atomic mass is 10.1. The second kappa shape index (κ2) is 11.6. The van der Waals surface area contributed by atoms with E-state index in [0.717, 1.165) is 11.1 Å². The number of hydrogen-bond acceptors (Lipinski definition) is 3. The smallest absolute Gasteiger partial charge is 0.163 e. The van der Waals surface area contributed by atoms with Crippen LogP contribution in [0.25, 0.3) is 0 Å². The summed E-state index contributed by atoms with van der Waals surface area (Å²) in [5.74, 6) is 0.944. The van der Waals surface area contributed by atoms with Crippen molar-refractivity contribution < 1.29 is 13.9 Å². The number of rotatable bonds is 10. The highest BCUT2D eigenvalue weighted by molar-refractivity contribution is 6.35. The van der Waals surface area contributed by atoms with E-state index >= 15 is 0 Å². The van der Waals surface area contributed by atoms with Crippen LogP contribution in [0.2, 0.25) is 15.1 Å². The van der Waals surface area contributed by atoms with Crippen molar-refractivity contribution in [2.75, 3.05) is 13.2 Å². The molecule has 7 heteroatoms. The van der Waals surface area contributed by atoms with Gasteiger partial charge in [0.2, 0.25) is 0 Å². The van der Waals surface area contributed by atoms with E-state index in [0.29, 0.717) is 58.2 Å². The lowest BCUT2D eigenvalue weighted by Crippen LogP contribution is -2.17. The van der Waals surface area contributed by atoms with Gasteiger partial charge < -0.3 is 14.8 Å². The van der Waals surface area contributed by atoms with E-state index in [1.54, 1.807) is 30.3 Å². The van der Waals surface area contributed by atoms with Crippen LogP contribution in [0, 0.1) is 5.82 Å². The number of ether oxygens (including phenoxy) is 2. The van der Waals surface area contributed by atoms with Gasteiger partial charge in [0.1, 0.15) is 12.4 Å². The third-order valence-corrected chi connectivity index (χ3v) is 5.59. The fourth-order valence-corrected chi connectivity index (χ4v) is 3.72. The maximum absolute atomic E-state index is 13.7. The molecule has 3 nitrogen and oxygen atoms in total. The van der Waals surface area contributed by atoms with Crippen molar-refractivity contribution in [3.05, 3.63) is 92.2 Å². The summed E-state index contributed by atoms with van der Waals surface area (Å²) in [5.41, 5.74) is 2.36. The minimum atomic E-state index is -0.191. The molecule has 0 bridgehead atoms. The van der Waals surface area contributed by atoms with Gasteiger partial charge in [0.15, 0.2) is 11.5 Å². The summed E-state index contributed by atoms with van der Waals surface area (Å²) in [6, 6.07) is 15.6. The van der Waals surface area contributed by atoms with Crippen molar-refractivity contribution >= 4 is 34.8 Å². The fourth-order valence-electron chi connectivity index (χ4n) is 3.04. The molecule has 0 saturated carbocycles. The van der Waals surface area contributed by atoms with Gasteiger partial charge in [0, 0.05) is 33.2 Å². The molecule has 3 aromatic rings. The zero-order valence-electron chi connectivity index (χ0n) is 17.1. The van der Waals surface area contributed by atoms with Crippen molar-refractivity contribution in [3.63, 3.8) is 0 Å². The van der Waals surface area contributed by atoms with Crippen LogP contribution in [-0.4, -0.2) is 13.2 Å². The van der Waals surface area contributed by atoms with Gasteiger partial charge in [-0.05, 0) is 55.3 Å². The minimum absolute atomic E-state index is 0.191. The first-order valence-corrected chi connectivity index (χ1v) is 11.1. The van der Waals surface area contributed by atoms with E-state index in [9.17, 15) is 4.39 Å². The van der Waals surface area contributed by atoms with Crippen molar-refractivity contribution in [3.8, 4) is 11.5 Å². The predicted molar refractivity (Wildman–Crippen MR) is 125 cm³/mol. The molecule has 0 amide bonds. The predicted octanol–water partition coefficient (Wildman–Crippen LogP) is 7.10. The number of hydrogen-bond donors (Lipinski definition) is 1. The third kappa shape index (κ3) is 6.75. The Morgan fingerprint density at radius 3 is 2.32 bits per heavy atom. The van der Waals surface area contributed by atoms with E-state index < -0.39 is 0 Å². The molecule has 0 aliphatic heterocycles. The summed E-state index contributed by atoms with van der Waals surface area (Å²) in [7, 11) is 0. The van der Waals surface area contributed by atoms with Crippen LogP contribution in [-0.2, 0) is 19.6 Å². The first-order chi connectivity index (χ1) is 15.0. The van der Waals surface area contributed by atoms with Crippen LogP contribution in [0.4, 0.5) is 4.39 Å². The summed E-state index contributed by atoms with van der Waals surface area (Å²) >= 11 is 18.6. The summed E-state index contributed by atoms with van der Waals surface area (Å²) in [5, 5.41) is 4.96. The van der Waals surface area contributed by atoms with E-state index in [4.69, 9.17) is 44.3 Å². The molecule has 0 aliphatic rings. The average Bonchev–Trinajstić information content (AvgIpc) is 2.74. The molecular weight excluding hydrogens is 460 g/mol. The van der Waals surface area contributed by atoms with Gasteiger partial charge in [-0.15, -0.1) is 0 Å². The highest BCUT2D eigenvalue weighted by Crippen LogP contribution is 2.35.